The van der Waals surface area contributed by atoms with Crippen LogP contribution in [0.25, 0.3) is 0 Å². The van der Waals surface area contributed by atoms with Crippen LogP contribution in [0, 0.1) is 0 Å². The molecule has 0 bridgehead atoms. The Kier molecular flexibility index (Phi) is 5.14. The van der Waals surface area contributed by atoms with Crippen LogP contribution in [-0.2, 0) is 0 Å². The predicted octanol–water partition coefficient (Wildman–Crippen LogP) is 3.30. The van der Waals surface area contributed by atoms with Gasteiger partial charge in [-0.15, -0.1) is 0 Å². The first-order valence-corrected chi connectivity index (χ1v) is 5.62. The van der Waals surface area contributed by atoms with Gasteiger partial charge in [-0.1, -0.05) is 12.7 Å². The minimum absolute atomic E-state index is 0.845. The minimum atomic E-state index is 0.845. The fourth-order valence-corrected chi connectivity index (χ4v) is 1.50. The highest BCUT2D eigenvalue weighted by Crippen LogP contribution is 2.20. The van der Waals surface area contributed by atoms with Gasteiger partial charge in [0.1, 0.15) is 0 Å². The Morgan fingerprint density at radius 1 is 1.59 bits per heavy atom. The van der Waals surface area contributed by atoms with Gasteiger partial charge in [0, 0.05) is 49.7 Å². The van der Waals surface area contributed by atoms with E-state index in [0.717, 1.165) is 23.4 Å². The third kappa shape index (κ3) is 3.87. The number of allylic oxidation sites excluding steroid dienone is 3. The van der Waals surface area contributed by atoms with E-state index < -0.39 is 0 Å². The van der Waals surface area contributed by atoms with Gasteiger partial charge in [0.15, 0.2) is 0 Å². The number of likely N-dealkylation sites (N-methyl/N-ethyl adjacent to an activating group) is 1. The van der Waals surface area contributed by atoms with Crippen molar-refractivity contribution in [2.75, 3.05) is 7.05 Å². The third-order valence-electron chi connectivity index (χ3n) is 2.49. The van der Waals surface area contributed by atoms with Crippen LogP contribution in [0.15, 0.2) is 58.1 Å². The first-order valence-electron chi connectivity index (χ1n) is 5.62. The van der Waals surface area contributed by atoms with Crippen molar-refractivity contribution in [3.63, 3.8) is 0 Å². The zero-order valence-corrected chi connectivity index (χ0v) is 10.7. The van der Waals surface area contributed by atoms with Crippen LogP contribution < -0.4 is 0 Å². The van der Waals surface area contributed by atoms with Crippen molar-refractivity contribution in [1.29, 1.82) is 0 Å². The monoisotopic (exact) mass is 229 g/mol. The van der Waals surface area contributed by atoms with Gasteiger partial charge in [-0.3, -0.25) is 9.98 Å². The molecule has 0 unspecified atom stereocenters. The highest BCUT2D eigenvalue weighted by atomic mass is 15.1. The number of hydrogen-bond donors (Lipinski definition) is 0. The summed E-state index contributed by atoms with van der Waals surface area (Å²) in [6.45, 7) is 7.95. The highest BCUT2D eigenvalue weighted by molar-refractivity contribution is 5.62. The van der Waals surface area contributed by atoms with Gasteiger partial charge >= 0.3 is 0 Å². The van der Waals surface area contributed by atoms with Crippen LogP contribution >= 0.6 is 0 Å². The number of hydrogen-bond acceptors (Lipinski definition) is 3. The van der Waals surface area contributed by atoms with Crippen molar-refractivity contribution in [2.24, 2.45) is 9.98 Å². The van der Waals surface area contributed by atoms with E-state index in [1.54, 1.807) is 12.4 Å². The smallest absolute Gasteiger partial charge is 0.0416 e. The molecule has 0 aliphatic carbocycles. The van der Waals surface area contributed by atoms with Gasteiger partial charge in [-0.25, -0.2) is 0 Å². The Balaban J connectivity index is 2.79. The highest BCUT2D eigenvalue weighted by Gasteiger charge is 2.08. The molecule has 1 aliphatic rings. The maximum atomic E-state index is 4.18. The van der Waals surface area contributed by atoms with E-state index in [-0.39, 0.29) is 0 Å². The van der Waals surface area contributed by atoms with Gasteiger partial charge in [-0.05, 0) is 25.5 Å². The molecule has 0 radical (unpaired) electrons. The summed E-state index contributed by atoms with van der Waals surface area (Å²) in [5.74, 6) is 0. The van der Waals surface area contributed by atoms with E-state index in [9.17, 15) is 0 Å². The number of rotatable bonds is 4. The Labute approximate surface area is 103 Å². The summed E-state index contributed by atoms with van der Waals surface area (Å²) in [5, 5.41) is 0. The summed E-state index contributed by atoms with van der Waals surface area (Å²) in [6.07, 6.45) is 12.1. The normalized spacial score (nSPS) is 15.9. The van der Waals surface area contributed by atoms with Crippen LogP contribution in [0.5, 0.6) is 0 Å². The molecule has 0 atom stereocenters. The molecule has 1 heterocycles. The quantitative estimate of drug-likeness (QED) is 0.537. The average Bonchev–Trinajstić information content (AvgIpc) is 2.53. The molecule has 17 heavy (non-hydrogen) atoms. The lowest BCUT2D eigenvalue weighted by molar-refractivity contribution is 0.545. The number of aliphatic imine (C=N–C) groups is 2. The second-order valence-corrected chi connectivity index (χ2v) is 3.74. The standard InChI is InChI=1S/C14H19N3/c1-5-15-10-8-13(3)17(4)14-7-6-9-16-11-12(14)2/h5,7-11H,3,6H2,1-2,4H3/b10-8-,15-5?. The minimum Gasteiger partial charge on any atom is -0.345 e. The van der Waals surface area contributed by atoms with E-state index in [0.29, 0.717) is 0 Å². The van der Waals surface area contributed by atoms with Crippen LogP contribution in [0.3, 0.4) is 0 Å². The SMILES string of the molecule is C=C(/C=C\N=CC)N(C)C1=CCC=NC=C1C. The predicted molar refractivity (Wildman–Crippen MR) is 75.2 cm³/mol. The molecular formula is C14H19N3. The van der Waals surface area contributed by atoms with E-state index in [1.165, 1.54) is 0 Å². The van der Waals surface area contributed by atoms with E-state index >= 15 is 0 Å². The fraction of sp³-hybridized carbons (Fsp3) is 0.286. The Morgan fingerprint density at radius 3 is 3.06 bits per heavy atom. The molecule has 0 saturated heterocycles. The van der Waals surface area contributed by atoms with Gasteiger partial charge in [0.05, 0.1) is 0 Å². The Hall–Kier alpha value is -1.90. The molecule has 3 heteroatoms. The molecule has 1 aliphatic heterocycles. The second-order valence-electron chi connectivity index (χ2n) is 3.74. The zero-order chi connectivity index (χ0) is 12.7. The molecule has 0 amide bonds. The van der Waals surface area contributed by atoms with Crippen molar-refractivity contribution in [3.05, 3.63) is 48.1 Å². The summed E-state index contributed by atoms with van der Waals surface area (Å²) in [6, 6.07) is 0. The van der Waals surface area contributed by atoms with Crippen LogP contribution in [0.4, 0.5) is 0 Å². The lowest BCUT2D eigenvalue weighted by Crippen LogP contribution is -2.16. The summed E-state index contributed by atoms with van der Waals surface area (Å²) >= 11 is 0. The molecule has 0 aromatic rings. The van der Waals surface area contributed by atoms with Gasteiger partial charge < -0.3 is 4.90 Å². The van der Waals surface area contributed by atoms with Crippen molar-refractivity contribution in [2.45, 2.75) is 20.3 Å². The zero-order valence-electron chi connectivity index (χ0n) is 10.7. The summed E-state index contributed by atoms with van der Waals surface area (Å²) < 4.78 is 0. The van der Waals surface area contributed by atoms with E-state index in [4.69, 9.17) is 0 Å². The van der Waals surface area contributed by atoms with E-state index in [2.05, 4.69) is 22.6 Å². The van der Waals surface area contributed by atoms with Gasteiger partial charge in [-0.2, -0.15) is 0 Å². The molecular weight excluding hydrogens is 210 g/mol. The van der Waals surface area contributed by atoms with Crippen molar-refractivity contribution in [1.82, 2.24) is 4.90 Å². The largest absolute Gasteiger partial charge is 0.345 e. The van der Waals surface area contributed by atoms with Crippen molar-refractivity contribution in [3.8, 4) is 0 Å². The lowest BCUT2D eigenvalue weighted by atomic mass is 10.2. The van der Waals surface area contributed by atoms with Crippen LogP contribution in [-0.4, -0.2) is 24.4 Å². The first-order chi connectivity index (χ1) is 8.16. The average molecular weight is 229 g/mol. The van der Waals surface area contributed by atoms with Crippen molar-refractivity contribution < 1.29 is 0 Å². The topological polar surface area (TPSA) is 28.0 Å². The first kappa shape index (κ1) is 13.2. The Morgan fingerprint density at radius 2 is 2.35 bits per heavy atom. The van der Waals surface area contributed by atoms with Gasteiger partial charge in [0.2, 0.25) is 0 Å². The summed E-state index contributed by atoms with van der Waals surface area (Å²) in [4.78, 5) is 10.3. The van der Waals surface area contributed by atoms with Crippen molar-refractivity contribution >= 4 is 12.4 Å². The van der Waals surface area contributed by atoms with Crippen LogP contribution in [0.2, 0.25) is 0 Å². The Bertz CT molecular complexity index is 423. The number of nitrogens with zero attached hydrogens (tertiary/aromatic N) is 3. The molecule has 90 valence electrons. The summed E-state index contributed by atoms with van der Waals surface area (Å²) in [5.41, 5.74) is 3.17. The third-order valence-corrected chi connectivity index (χ3v) is 2.49. The van der Waals surface area contributed by atoms with E-state index in [1.807, 2.05) is 44.3 Å². The van der Waals surface area contributed by atoms with Crippen LogP contribution in [0.1, 0.15) is 20.3 Å². The molecule has 0 fully saturated rings. The maximum Gasteiger partial charge on any atom is 0.0416 e. The molecule has 0 spiro atoms. The molecule has 3 nitrogen and oxygen atoms in total. The summed E-state index contributed by atoms with van der Waals surface area (Å²) in [7, 11) is 2.00. The molecule has 0 saturated carbocycles. The fourth-order valence-electron chi connectivity index (χ4n) is 1.50. The van der Waals surface area contributed by atoms with Gasteiger partial charge in [0.25, 0.3) is 0 Å². The second kappa shape index (κ2) is 6.63. The maximum absolute atomic E-state index is 4.18. The molecule has 0 aromatic carbocycles. The molecule has 0 N–H and O–H groups in total. The lowest BCUT2D eigenvalue weighted by Gasteiger charge is -2.23. The molecule has 0 aromatic heterocycles. The molecule has 1 rings (SSSR count).